The van der Waals surface area contributed by atoms with E-state index in [2.05, 4.69) is 16.0 Å². The molecule has 12 heteroatoms. The molecule has 0 amide bonds. The van der Waals surface area contributed by atoms with Crippen molar-refractivity contribution in [2.75, 3.05) is 33.8 Å². The second-order valence-corrected chi connectivity index (χ2v) is 13.2. The number of hydrogen-bond acceptors (Lipinski definition) is 8. The van der Waals surface area contributed by atoms with Gasteiger partial charge in [-0.3, -0.25) is 4.79 Å². The van der Waals surface area contributed by atoms with Gasteiger partial charge in [-0.25, -0.2) is 18.4 Å². The third-order valence-corrected chi connectivity index (χ3v) is 9.91. The Kier molecular flexibility index (Phi) is 7.94. The van der Waals surface area contributed by atoms with E-state index in [1.54, 1.807) is 42.7 Å². The molecule has 1 aliphatic rings. The van der Waals surface area contributed by atoms with E-state index < -0.39 is 10.0 Å². The maximum atomic E-state index is 13.7. The first-order chi connectivity index (χ1) is 21.2. The first-order valence-corrected chi connectivity index (χ1v) is 15.9. The number of imidazole rings is 1. The molecule has 3 heterocycles. The lowest BCUT2D eigenvalue weighted by molar-refractivity contribution is 0.302. The fraction of sp³-hybridized carbons (Fsp3) is 0.312. The normalized spacial score (nSPS) is 15.8. The van der Waals surface area contributed by atoms with E-state index in [1.165, 1.54) is 10.4 Å². The molecule has 1 N–H and O–H groups in total. The largest absolute Gasteiger partial charge is 0.493 e. The number of aromatic amines is 1. The Morgan fingerprint density at radius 3 is 2.61 bits per heavy atom. The minimum absolute atomic E-state index is 0.121. The Labute approximate surface area is 255 Å². The summed E-state index contributed by atoms with van der Waals surface area (Å²) in [5.74, 6) is 0.656. The zero-order valence-corrected chi connectivity index (χ0v) is 25.6. The van der Waals surface area contributed by atoms with Gasteiger partial charge in [0.05, 0.1) is 57.0 Å². The number of likely N-dealkylation sites (N-methyl/N-ethyl adjacent to an activating group) is 1. The predicted molar refractivity (Wildman–Crippen MR) is 168 cm³/mol. The number of fused-ring (bicyclic) bond motifs is 2. The molecule has 0 spiro atoms. The third-order valence-electron chi connectivity index (χ3n) is 8.05. The van der Waals surface area contributed by atoms with Gasteiger partial charge in [0.2, 0.25) is 10.0 Å². The molecule has 0 aliphatic carbocycles. The monoisotopic (exact) mass is 611 g/mol. The van der Waals surface area contributed by atoms with Gasteiger partial charge in [0.25, 0.3) is 5.56 Å². The van der Waals surface area contributed by atoms with Gasteiger partial charge in [0, 0.05) is 25.7 Å². The molecular weight excluding hydrogens is 578 g/mol. The second-order valence-electron chi connectivity index (χ2n) is 11.2. The molecule has 226 valence electrons. The summed E-state index contributed by atoms with van der Waals surface area (Å²) in [5, 5.41) is 9.46. The summed E-state index contributed by atoms with van der Waals surface area (Å²) in [6.45, 7) is 3.77. The first-order valence-electron chi connectivity index (χ1n) is 14.5. The zero-order chi connectivity index (χ0) is 31.0. The van der Waals surface area contributed by atoms with Crippen molar-refractivity contribution >= 4 is 32.0 Å². The maximum absolute atomic E-state index is 13.7. The lowest BCUT2D eigenvalue weighted by Gasteiger charge is -2.21. The average Bonchev–Trinajstić information content (AvgIpc) is 3.68. The zero-order valence-electron chi connectivity index (χ0n) is 24.8. The molecule has 0 bridgehead atoms. The van der Waals surface area contributed by atoms with Crippen molar-refractivity contribution in [3.8, 4) is 23.2 Å². The van der Waals surface area contributed by atoms with Crippen molar-refractivity contribution in [3.63, 3.8) is 0 Å². The molecule has 1 saturated heterocycles. The lowest BCUT2D eigenvalue weighted by Crippen LogP contribution is -2.34. The van der Waals surface area contributed by atoms with Crippen LogP contribution >= 0.6 is 0 Å². The Morgan fingerprint density at radius 1 is 1.11 bits per heavy atom. The fourth-order valence-electron chi connectivity index (χ4n) is 5.52. The molecule has 6 rings (SSSR count). The number of nitrogens with one attached hydrogen (secondary N) is 1. The summed E-state index contributed by atoms with van der Waals surface area (Å²) in [7, 11) is 0.126. The molecule has 44 heavy (non-hydrogen) atoms. The van der Waals surface area contributed by atoms with Crippen LogP contribution in [-0.4, -0.2) is 77.0 Å². The van der Waals surface area contributed by atoms with Crippen molar-refractivity contribution in [3.05, 3.63) is 82.4 Å². The highest BCUT2D eigenvalue weighted by Crippen LogP contribution is 2.33. The van der Waals surface area contributed by atoms with Gasteiger partial charge in [-0.05, 0) is 75.0 Å². The van der Waals surface area contributed by atoms with Gasteiger partial charge < -0.3 is 19.2 Å². The minimum atomic E-state index is -3.78. The molecule has 3 aromatic carbocycles. The van der Waals surface area contributed by atoms with E-state index >= 15 is 0 Å². The van der Waals surface area contributed by atoms with Gasteiger partial charge in [-0.15, -0.1) is 0 Å². The van der Waals surface area contributed by atoms with Gasteiger partial charge in [-0.1, -0.05) is 19.1 Å². The fourth-order valence-corrected chi connectivity index (χ4v) is 7.04. The number of benzene rings is 3. The Morgan fingerprint density at radius 2 is 1.91 bits per heavy atom. The molecule has 1 aliphatic heterocycles. The van der Waals surface area contributed by atoms with E-state index in [0.717, 1.165) is 23.9 Å². The lowest BCUT2D eigenvalue weighted by atomic mass is 10.1. The van der Waals surface area contributed by atoms with Crippen LogP contribution in [0.5, 0.6) is 5.75 Å². The van der Waals surface area contributed by atoms with E-state index in [9.17, 15) is 13.2 Å². The van der Waals surface area contributed by atoms with Crippen LogP contribution in [0.25, 0.3) is 33.3 Å². The number of sulfonamides is 1. The van der Waals surface area contributed by atoms with Crippen LogP contribution in [0.2, 0.25) is 0 Å². The predicted octanol–water partition coefficient (Wildman–Crippen LogP) is 3.97. The number of rotatable bonds is 9. The second kappa shape index (κ2) is 11.8. The Hall–Kier alpha value is -4.57. The van der Waals surface area contributed by atoms with Crippen molar-refractivity contribution in [1.29, 1.82) is 5.26 Å². The molecule has 2 aromatic heterocycles. The molecule has 1 atom stereocenters. The summed E-state index contributed by atoms with van der Waals surface area (Å²) in [6.07, 6.45) is 3.22. The molecular formula is C32H33N7O4S. The number of nitrogens with zero attached hydrogens (tertiary/aromatic N) is 6. The Balaban J connectivity index is 1.39. The van der Waals surface area contributed by atoms with Crippen LogP contribution in [0, 0.1) is 11.3 Å². The van der Waals surface area contributed by atoms with Crippen LogP contribution in [0.4, 0.5) is 0 Å². The van der Waals surface area contributed by atoms with Crippen LogP contribution in [0.3, 0.4) is 0 Å². The van der Waals surface area contributed by atoms with E-state index in [4.69, 9.17) is 15.0 Å². The summed E-state index contributed by atoms with van der Waals surface area (Å²) < 4.78 is 36.7. The number of aromatic nitrogens is 4. The summed E-state index contributed by atoms with van der Waals surface area (Å²) in [6, 6.07) is 17.8. The highest BCUT2D eigenvalue weighted by Gasteiger charge is 2.34. The summed E-state index contributed by atoms with van der Waals surface area (Å²) in [4.78, 5) is 27.8. The van der Waals surface area contributed by atoms with E-state index in [0.29, 0.717) is 59.5 Å². The number of ether oxygens (including phenoxy) is 1. The third kappa shape index (κ3) is 5.57. The summed E-state index contributed by atoms with van der Waals surface area (Å²) in [5.41, 5.74) is 3.48. The quantitative estimate of drug-likeness (QED) is 0.264. The number of H-pyrrole nitrogens is 1. The summed E-state index contributed by atoms with van der Waals surface area (Å²) >= 11 is 0. The van der Waals surface area contributed by atoms with Gasteiger partial charge in [0.1, 0.15) is 11.6 Å². The highest BCUT2D eigenvalue weighted by molar-refractivity contribution is 7.89. The van der Waals surface area contributed by atoms with Crippen LogP contribution in [-0.2, 0) is 16.6 Å². The van der Waals surface area contributed by atoms with E-state index in [-0.39, 0.29) is 22.3 Å². The topological polar surface area (TPSA) is 137 Å². The molecule has 0 saturated carbocycles. The standard InChI is InChI=1S/C32H33N7O4S/c1-4-13-43-30-10-9-24(44(41,42)39-12-11-23(19-39)37(2)3)14-26(30)31-35-27-16-28-29(15-25(27)32(40)36-31)38(20-34-28)18-22-7-5-21(17-33)6-8-22/h5-10,14-16,20,23H,4,11-13,18-19H2,1-3H3,(H,35,36,40)/t23-/m1/s1. The van der Waals surface area contributed by atoms with Crippen molar-refractivity contribution in [1.82, 2.24) is 28.7 Å². The van der Waals surface area contributed by atoms with Crippen LogP contribution < -0.4 is 10.3 Å². The van der Waals surface area contributed by atoms with Crippen LogP contribution in [0.1, 0.15) is 30.9 Å². The van der Waals surface area contributed by atoms with Crippen molar-refractivity contribution in [2.24, 2.45) is 0 Å². The maximum Gasteiger partial charge on any atom is 0.259 e. The van der Waals surface area contributed by atoms with Gasteiger partial charge in [0.15, 0.2) is 0 Å². The molecule has 5 aromatic rings. The molecule has 1 fully saturated rings. The molecule has 0 unspecified atom stereocenters. The first kappa shape index (κ1) is 29.5. The number of hydrogen-bond donors (Lipinski definition) is 1. The minimum Gasteiger partial charge on any atom is -0.493 e. The van der Waals surface area contributed by atoms with Crippen LogP contribution in [0.15, 0.2) is 70.6 Å². The molecule has 11 nitrogen and oxygen atoms in total. The number of nitriles is 1. The SMILES string of the molecule is CCCOc1ccc(S(=O)(=O)N2CC[C@@H](N(C)C)C2)cc1-c1nc2cc3ncn(Cc4ccc(C#N)cc4)c3cc2c(=O)[nH]1. The van der Waals surface area contributed by atoms with Crippen molar-refractivity contribution < 1.29 is 13.2 Å². The van der Waals surface area contributed by atoms with Gasteiger partial charge in [-0.2, -0.15) is 9.57 Å². The van der Waals surface area contributed by atoms with Gasteiger partial charge >= 0.3 is 0 Å². The average molecular weight is 612 g/mol. The van der Waals surface area contributed by atoms with E-state index in [1.807, 2.05) is 42.6 Å². The highest BCUT2D eigenvalue weighted by atomic mass is 32.2. The Bertz CT molecular complexity index is 2060. The van der Waals surface area contributed by atoms with Crippen molar-refractivity contribution in [2.45, 2.75) is 37.2 Å². The molecule has 0 radical (unpaired) electrons. The smallest absolute Gasteiger partial charge is 0.259 e.